The highest BCUT2D eigenvalue weighted by atomic mass is 16.5. The molecule has 3 atom stereocenters. The van der Waals surface area contributed by atoms with Crippen molar-refractivity contribution in [1.29, 1.82) is 0 Å². The Morgan fingerprint density at radius 2 is 2.36 bits per heavy atom. The van der Waals surface area contributed by atoms with Crippen molar-refractivity contribution >= 4 is 13.9 Å². The van der Waals surface area contributed by atoms with E-state index in [1.54, 1.807) is 7.05 Å². The Kier molecular flexibility index (Phi) is 2.24. The molecule has 1 heterocycles. The molecule has 0 spiro atoms. The third kappa shape index (κ3) is 1.51. The molecule has 0 aromatic carbocycles. The Labute approximate surface area is 86.9 Å². The van der Waals surface area contributed by atoms with Gasteiger partial charge in [0.25, 0.3) is 6.02 Å². The summed E-state index contributed by atoms with van der Waals surface area (Å²) >= 11 is 0. The van der Waals surface area contributed by atoms with Gasteiger partial charge in [-0.3, -0.25) is 0 Å². The average molecular weight is 192 g/mol. The first kappa shape index (κ1) is 9.87. The lowest BCUT2D eigenvalue weighted by Gasteiger charge is -2.37. The highest BCUT2D eigenvalue weighted by Crippen LogP contribution is 2.44. The number of likely N-dealkylation sites (N-methyl/N-ethyl adjacent to an activating group) is 1. The SMILES string of the molecule is [B]C1(C)CCC2C(C1)OC(=NC)N2C. The van der Waals surface area contributed by atoms with Crippen molar-refractivity contribution in [2.24, 2.45) is 4.99 Å². The molecular weight excluding hydrogens is 175 g/mol. The van der Waals surface area contributed by atoms with Gasteiger partial charge >= 0.3 is 0 Å². The first-order valence-electron chi connectivity index (χ1n) is 5.19. The molecule has 2 radical (unpaired) electrons. The summed E-state index contributed by atoms with van der Waals surface area (Å²) in [4.78, 5) is 6.26. The number of rotatable bonds is 0. The number of fused-ring (bicyclic) bond motifs is 1. The van der Waals surface area contributed by atoms with Crippen LogP contribution in [0, 0.1) is 0 Å². The minimum absolute atomic E-state index is 0.0643. The lowest BCUT2D eigenvalue weighted by atomic mass is 9.60. The van der Waals surface area contributed by atoms with Crippen LogP contribution >= 0.6 is 0 Å². The summed E-state index contributed by atoms with van der Waals surface area (Å²) in [6, 6.07) is 1.24. The normalized spacial score (nSPS) is 45.1. The van der Waals surface area contributed by atoms with E-state index in [1.165, 1.54) is 0 Å². The summed E-state index contributed by atoms with van der Waals surface area (Å²) in [6.07, 6.45) is 3.34. The van der Waals surface area contributed by atoms with Gasteiger partial charge in [0.2, 0.25) is 0 Å². The molecule has 14 heavy (non-hydrogen) atoms. The van der Waals surface area contributed by atoms with Crippen LogP contribution in [0.1, 0.15) is 26.2 Å². The van der Waals surface area contributed by atoms with Crippen LogP contribution in [0.15, 0.2) is 4.99 Å². The Balaban J connectivity index is 2.14. The third-order valence-electron chi connectivity index (χ3n) is 3.36. The van der Waals surface area contributed by atoms with Gasteiger partial charge in [-0.2, -0.15) is 0 Å². The maximum atomic E-state index is 6.13. The monoisotopic (exact) mass is 192 g/mol. The zero-order valence-corrected chi connectivity index (χ0v) is 9.16. The van der Waals surface area contributed by atoms with E-state index in [9.17, 15) is 0 Å². The lowest BCUT2D eigenvalue weighted by Crippen LogP contribution is -2.39. The van der Waals surface area contributed by atoms with Gasteiger partial charge in [0.15, 0.2) is 0 Å². The second kappa shape index (κ2) is 3.18. The van der Waals surface area contributed by atoms with Gasteiger partial charge in [0.1, 0.15) is 6.10 Å². The van der Waals surface area contributed by atoms with Crippen LogP contribution in [-0.2, 0) is 4.74 Å². The van der Waals surface area contributed by atoms with E-state index in [0.29, 0.717) is 6.04 Å². The summed E-state index contributed by atoms with van der Waals surface area (Å²) in [5.74, 6) is 0. The molecule has 0 bridgehead atoms. The summed E-state index contributed by atoms with van der Waals surface area (Å²) < 4.78 is 5.76. The number of hydrogen-bond donors (Lipinski definition) is 0. The summed E-state index contributed by atoms with van der Waals surface area (Å²) in [6.45, 7) is 2.10. The average Bonchev–Trinajstić information content (AvgIpc) is 2.40. The Morgan fingerprint density at radius 1 is 1.64 bits per heavy atom. The van der Waals surface area contributed by atoms with Crippen molar-refractivity contribution < 1.29 is 4.74 Å². The lowest BCUT2D eigenvalue weighted by molar-refractivity contribution is 0.125. The standard InChI is InChI=1S/C10H17BN2O/c1-10(11)5-4-7-8(6-10)14-9(12-2)13(7)3/h7-8H,4-6H2,1-3H3. The third-order valence-corrected chi connectivity index (χ3v) is 3.36. The fraction of sp³-hybridized carbons (Fsp3) is 0.900. The van der Waals surface area contributed by atoms with Crippen molar-refractivity contribution in [3.63, 3.8) is 0 Å². The van der Waals surface area contributed by atoms with Crippen LogP contribution in [0.3, 0.4) is 0 Å². The molecule has 2 aliphatic rings. The Morgan fingerprint density at radius 3 is 3.00 bits per heavy atom. The van der Waals surface area contributed by atoms with Gasteiger partial charge in [-0.15, -0.1) is 0 Å². The maximum Gasteiger partial charge on any atom is 0.287 e. The second-order valence-electron chi connectivity index (χ2n) is 4.74. The minimum Gasteiger partial charge on any atom is -0.460 e. The van der Waals surface area contributed by atoms with Crippen LogP contribution < -0.4 is 0 Å². The van der Waals surface area contributed by atoms with Crippen molar-refractivity contribution in [3.8, 4) is 0 Å². The van der Waals surface area contributed by atoms with Gasteiger partial charge in [-0.05, 0) is 12.8 Å². The van der Waals surface area contributed by atoms with Gasteiger partial charge in [0, 0.05) is 14.1 Å². The van der Waals surface area contributed by atoms with E-state index in [4.69, 9.17) is 12.6 Å². The zero-order valence-electron chi connectivity index (χ0n) is 9.16. The number of aliphatic imine (C=N–C) groups is 1. The maximum absolute atomic E-state index is 6.13. The van der Waals surface area contributed by atoms with Crippen molar-refractivity contribution in [3.05, 3.63) is 0 Å². The molecule has 2 rings (SSSR count). The molecule has 4 heteroatoms. The first-order chi connectivity index (χ1) is 6.53. The Hall–Kier alpha value is -0.665. The molecule has 3 nitrogen and oxygen atoms in total. The smallest absolute Gasteiger partial charge is 0.287 e. The number of hydrogen-bond acceptors (Lipinski definition) is 2. The highest BCUT2D eigenvalue weighted by Gasteiger charge is 2.44. The number of amidine groups is 1. The first-order valence-corrected chi connectivity index (χ1v) is 5.19. The van der Waals surface area contributed by atoms with E-state index in [2.05, 4.69) is 16.8 Å². The number of nitrogens with zero attached hydrogens (tertiary/aromatic N) is 2. The topological polar surface area (TPSA) is 24.8 Å². The summed E-state index contributed by atoms with van der Waals surface area (Å²) in [5, 5.41) is -0.0643. The minimum atomic E-state index is -0.0643. The largest absolute Gasteiger partial charge is 0.460 e. The van der Waals surface area contributed by atoms with Crippen LogP contribution in [-0.4, -0.2) is 45.0 Å². The molecule has 76 valence electrons. The molecule has 0 aromatic heterocycles. The van der Waals surface area contributed by atoms with Crippen LogP contribution in [0.5, 0.6) is 0 Å². The molecule has 1 saturated carbocycles. The number of ether oxygens (including phenoxy) is 1. The predicted molar refractivity (Wildman–Crippen MR) is 57.8 cm³/mol. The van der Waals surface area contributed by atoms with Gasteiger partial charge in [-0.1, -0.05) is 18.7 Å². The molecule has 0 N–H and O–H groups in total. The zero-order chi connectivity index (χ0) is 10.3. The molecule has 3 unspecified atom stereocenters. The molecule has 0 aromatic rings. The molecule has 0 amide bonds. The molecule has 1 aliphatic heterocycles. The van der Waals surface area contributed by atoms with E-state index >= 15 is 0 Å². The fourth-order valence-electron chi connectivity index (χ4n) is 2.50. The summed E-state index contributed by atoms with van der Waals surface area (Å²) in [7, 11) is 9.94. The summed E-state index contributed by atoms with van der Waals surface area (Å²) in [5.41, 5.74) is 0. The molecule has 1 aliphatic carbocycles. The van der Waals surface area contributed by atoms with Gasteiger partial charge in [0.05, 0.1) is 13.9 Å². The van der Waals surface area contributed by atoms with E-state index in [1.807, 2.05) is 7.05 Å². The van der Waals surface area contributed by atoms with Gasteiger partial charge in [-0.25, -0.2) is 4.99 Å². The van der Waals surface area contributed by atoms with Crippen molar-refractivity contribution in [2.45, 2.75) is 43.6 Å². The predicted octanol–water partition coefficient (Wildman–Crippen LogP) is 1.20. The molecule has 2 fully saturated rings. The van der Waals surface area contributed by atoms with E-state index in [0.717, 1.165) is 25.3 Å². The van der Waals surface area contributed by atoms with E-state index < -0.39 is 0 Å². The van der Waals surface area contributed by atoms with Gasteiger partial charge < -0.3 is 9.64 Å². The van der Waals surface area contributed by atoms with E-state index in [-0.39, 0.29) is 11.4 Å². The molecular formula is C10H17BN2O. The Bertz CT molecular complexity index is 265. The van der Waals surface area contributed by atoms with Crippen molar-refractivity contribution in [1.82, 2.24) is 4.90 Å². The van der Waals surface area contributed by atoms with Crippen LogP contribution in [0.4, 0.5) is 0 Å². The highest BCUT2D eigenvalue weighted by molar-refractivity contribution is 6.15. The van der Waals surface area contributed by atoms with Crippen molar-refractivity contribution in [2.75, 3.05) is 14.1 Å². The quantitative estimate of drug-likeness (QED) is 0.538. The fourth-order valence-corrected chi connectivity index (χ4v) is 2.50. The van der Waals surface area contributed by atoms with Crippen LogP contribution in [0.2, 0.25) is 5.31 Å². The second-order valence-corrected chi connectivity index (χ2v) is 4.74. The van der Waals surface area contributed by atoms with Crippen LogP contribution in [0.25, 0.3) is 0 Å². The molecule has 1 saturated heterocycles.